The molecule has 8 heteroatoms. The van der Waals surface area contributed by atoms with Crippen molar-refractivity contribution >= 4 is 12.4 Å². The van der Waals surface area contributed by atoms with Crippen LogP contribution in [0.5, 0.6) is 0 Å². The van der Waals surface area contributed by atoms with E-state index in [0.717, 1.165) is 11.8 Å². The molecule has 1 aromatic heterocycles. The van der Waals surface area contributed by atoms with E-state index in [2.05, 4.69) is 5.10 Å². The minimum Gasteiger partial charge on any atom is -0.395 e. The molecule has 0 unspecified atom stereocenters. The molecule has 2 aromatic rings. The second-order valence-corrected chi connectivity index (χ2v) is 4.64. The molecule has 0 fully saturated rings. The number of nitrogens with zero attached hydrogens (tertiary/aromatic N) is 3. The quantitative estimate of drug-likeness (QED) is 0.802. The van der Waals surface area contributed by atoms with E-state index in [1.54, 1.807) is 12.3 Å². The fraction of sp³-hybridized carbons (Fsp3) is 0.357. The molecule has 3 N–H and O–H groups in total. The van der Waals surface area contributed by atoms with Gasteiger partial charge in [-0.2, -0.15) is 5.10 Å². The molecule has 22 heavy (non-hydrogen) atoms. The first kappa shape index (κ1) is 18.5. The van der Waals surface area contributed by atoms with Crippen LogP contribution in [0.25, 0.3) is 5.69 Å². The Hall–Kier alpha value is -1.54. The van der Waals surface area contributed by atoms with Crippen LogP contribution in [0, 0.1) is 11.6 Å². The van der Waals surface area contributed by atoms with Crippen LogP contribution in [0.2, 0.25) is 0 Å². The van der Waals surface area contributed by atoms with Crippen molar-refractivity contribution in [2.75, 3.05) is 26.2 Å². The van der Waals surface area contributed by atoms with Gasteiger partial charge in [0.05, 0.1) is 12.3 Å². The number of hydrogen-bond acceptors (Lipinski definition) is 4. The first-order valence-corrected chi connectivity index (χ1v) is 6.67. The maximum absolute atomic E-state index is 13.7. The van der Waals surface area contributed by atoms with Crippen molar-refractivity contribution in [2.45, 2.75) is 6.54 Å². The zero-order valence-electron chi connectivity index (χ0n) is 12.0. The SMILES string of the molecule is Cl.NCCN(CCO)Cc1ccn(-c2ccc(F)cc2F)n1. The average molecular weight is 333 g/mol. The first-order valence-electron chi connectivity index (χ1n) is 6.67. The largest absolute Gasteiger partial charge is 0.395 e. The zero-order chi connectivity index (χ0) is 15.2. The van der Waals surface area contributed by atoms with Gasteiger partial charge in [0.1, 0.15) is 11.5 Å². The van der Waals surface area contributed by atoms with E-state index >= 15 is 0 Å². The Morgan fingerprint density at radius 3 is 2.64 bits per heavy atom. The second kappa shape index (κ2) is 8.79. The summed E-state index contributed by atoms with van der Waals surface area (Å²) >= 11 is 0. The Bertz CT molecular complexity index is 588. The van der Waals surface area contributed by atoms with Crippen molar-refractivity contribution in [1.29, 1.82) is 0 Å². The number of hydrogen-bond donors (Lipinski definition) is 2. The highest BCUT2D eigenvalue weighted by Gasteiger charge is 2.10. The van der Waals surface area contributed by atoms with E-state index in [0.29, 0.717) is 26.2 Å². The predicted molar refractivity (Wildman–Crippen MR) is 82.1 cm³/mol. The first-order chi connectivity index (χ1) is 10.1. The molecule has 2 rings (SSSR count). The van der Waals surface area contributed by atoms with Crippen molar-refractivity contribution in [3.8, 4) is 5.69 Å². The maximum atomic E-state index is 13.7. The fourth-order valence-corrected chi connectivity index (χ4v) is 2.07. The van der Waals surface area contributed by atoms with Crippen LogP contribution in [-0.4, -0.2) is 46.0 Å². The molecule has 0 amide bonds. The molecule has 0 atom stereocenters. The topological polar surface area (TPSA) is 67.3 Å². The van der Waals surface area contributed by atoms with Crippen molar-refractivity contribution in [3.63, 3.8) is 0 Å². The van der Waals surface area contributed by atoms with Crippen molar-refractivity contribution in [2.24, 2.45) is 5.73 Å². The van der Waals surface area contributed by atoms with Gasteiger partial charge in [0.2, 0.25) is 0 Å². The lowest BCUT2D eigenvalue weighted by atomic mass is 10.3. The minimum absolute atomic E-state index is 0. The van der Waals surface area contributed by atoms with E-state index in [1.165, 1.54) is 16.8 Å². The molecule has 0 bridgehead atoms. The van der Waals surface area contributed by atoms with Gasteiger partial charge < -0.3 is 10.8 Å². The number of benzene rings is 1. The van der Waals surface area contributed by atoms with Crippen LogP contribution in [-0.2, 0) is 6.54 Å². The summed E-state index contributed by atoms with van der Waals surface area (Å²) in [6, 6.07) is 5.10. The fourth-order valence-electron chi connectivity index (χ4n) is 2.07. The normalized spacial score (nSPS) is 10.8. The third kappa shape index (κ3) is 4.74. The average Bonchev–Trinajstić information content (AvgIpc) is 2.87. The number of aromatic nitrogens is 2. The lowest BCUT2D eigenvalue weighted by Crippen LogP contribution is -2.31. The summed E-state index contributed by atoms with van der Waals surface area (Å²) in [5, 5.41) is 13.3. The van der Waals surface area contributed by atoms with Gasteiger partial charge >= 0.3 is 0 Å². The molecule has 0 aliphatic heterocycles. The number of nitrogens with two attached hydrogens (primary N) is 1. The summed E-state index contributed by atoms with van der Waals surface area (Å²) in [5.41, 5.74) is 6.42. The van der Waals surface area contributed by atoms with Crippen molar-refractivity contribution in [1.82, 2.24) is 14.7 Å². The molecule has 5 nitrogen and oxygen atoms in total. The molecule has 0 aliphatic carbocycles. The molecule has 0 saturated carbocycles. The minimum atomic E-state index is -0.668. The van der Waals surface area contributed by atoms with E-state index in [4.69, 9.17) is 10.8 Å². The van der Waals surface area contributed by atoms with Crippen molar-refractivity contribution < 1.29 is 13.9 Å². The van der Waals surface area contributed by atoms with E-state index in [9.17, 15) is 8.78 Å². The number of aliphatic hydroxyl groups excluding tert-OH is 1. The van der Waals surface area contributed by atoms with E-state index < -0.39 is 11.6 Å². The van der Waals surface area contributed by atoms with E-state index in [1.807, 2.05) is 4.90 Å². The zero-order valence-corrected chi connectivity index (χ0v) is 12.8. The molecule has 0 saturated heterocycles. The molecule has 1 aromatic carbocycles. The van der Waals surface area contributed by atoms with Gasteiger partial charge in [-0.25, -0.2) is 13.5 Å². The number of halogens is 3. The molecular formula is C14H19ClF2N4O. The number of rotatable bonds is 7. The smallest absolute Gasteiger partial charge is 0.151 e. The summed E-state index contributed by atoms with van der Waals surface area (Å²) in [5.74, 6) is -1.29. The van der Waals surface area contributed by atoms with Crippen LogP contribution in [0.4, 0.5) is 8.78 Å². The lowest BCUT2D eigenvalue weighted by Gasteiger charge is -2.18. The Morgan fingerprint density at radius 1 is 1.23 bits per heavy atom. The predicted octanol–water partition coefficient (Wildman–Crippen LogP) is 1.33. The summed E-state index contributed by atoms with van der Waals surface area (Å²) in [6.07, 6.45) is 1.62. The third-order valence-electron chi connectivity index (χ3n) is 3.05. The highest BCUT2D eigenvalue weighted by atomic mass is 35.5. The highest BCUT2D eigenvalue weighted by molar-refractivity contribution is 5.85. The van der Waals surface area contributed by atoms with Gasteiger partial charge in [0.25, 0.3) is 0 Å². The third-order valence-corrected chi connectivity index (χ3v) is 3.05. The Balaban J connectivity index is 0.00000242. The van der Waals surface area contributed by atoms with Gasteiger partial charge in [-0.1, -0.05) is 0 Å². The van der Waals surface area contributed by atoms with Gasteiger partial charge in [-0.3, -0.25) is 4.90 Å². The molecule has 0 aliphatic rings. The van der Waals surface area contributed by atoms with Crippen LogP contribution in [0.3, 0.4) is 0 Å². The molecule has 0 spiro atoms. The standard InChI is InChI=1S/C14H18F2N4O.ClH/c15-11-1-2-14(13(16)9-11)20-5-3-12(18-20)10-19(6-4-17)7-8-21;/h1-3,5,9,21H,4,6-8,10,17H2;1H. The van der Waals surface area contributed by atoms with Gasteiger partial charge in [0, 0.05) is 38.4 Å². The van der Waals surface area contributed by atoms with Gasteiger partial charge in [-0.15, -0.1) is 12.4 Å². The second-order valence-electron chi connectivity index (χ2n) is 4.64. The van der Waals surface area contributed by atoms with Crippen LogP contribution < -0.4 is 5.73 Å². The highest BCUT2D eigenvalue weighted by Crippen LogP contribution is 2.14. The van der Waals surface area contributed by atoms with Crippen LogP contribution in [0.15, 0.2) is 30.5 Å². The molecule has 1 heterocycles. The summed E-state index contributed by atoms with van der Waals surface area (Å²) < 4.78 is 28.0. The monoisotopic (exact) mass is 332 g/mol. The summed E-state index contributed by atoms with van der Waals surface area (Å²) in [7, 11) is 0. The van der Waals surface area contributed by atoms with Crippen LogP contribution >= 0.6 is 12.4 Å². The number of aliphatic hydroxyl groups is 1. The molecular weight excluding hydrogens is 314 g/mol. The van der Waals surface area contributed by atoms with Crippen LogP contribution in [0.1, 0.15) is 5.69 Å². The van der Waals surface area contributed by atoms with Crippen molar-refractivity contribution in [3.05, 3.63) is 47.8 Å². The van der Waals surface area contributed by atoms with E-state index in [-0.39, 0.29) is 24.7 Å². The van der Waals surface area contributed by atoms with Gasteiger partial charge in [-0.05, 0) is 18.2 Å². The van der Waals surface area contributed by atoms with Gasteiger partial charge in [0.15, 0.2) is 5.82 Å². The lowest BCUT2D eigenvalue weighted by molar-refractivity contribution is 0.192. The summed E-state index contributed by atoms with van der Waals surface area (Å²) in [6.45, 7) is 2.15. The Morgan fingerprint density at radius 2 is 2.00 bits per heavy atom. The Labute approximate surface area is 133 Å². The Kier molecular flexibility index (Phi) is 7.40. The molecule has 122 valence electrons. The summed E-state index contributed by atoms with van der Waals surface area (Å²) in [4.78, 5) is 1.95. The molecule has 0 radical (unpaired) electrons. The maximum Gasteiger partial charge on any atom is 0.151 e.